The molecule has 0 radical (unpaired) electrons. The minimum atomic E-state index is -4.35. The molecule has 0 heterocycles. The molecule has 0 spiro atoms. The Bertz CT molecular complexity index is 1500. The number of benzene rings is 3. The number of sulfonamides is 1. The first kappa shape index (κ1) is 33.7. The molecule has 0 saturated heterocycles. The van der Waals surface area contributed by atoms with Crippen LogP contribution in [0, 0.1) is 5.82 Å². The second-order valence-electron chi connectivity index (χ2n) is 9.89. The average molecular weight is 634 g/mol. The molecule has 0 aromatic heterocycles. The number of anilines is 1. The van der Waals surface area contributed by atoms with Gasteiger partial charge in [-0.2, -0.15) is 0 Å². The molecule has 3 aromatic rings. The van der Waals surface area contributed by atoms with Crippen molar-refractivity contribution < 1.29 is 31.9 Å². The van der Waals surface area contributed by atoms with Crippen LogP contribution in [-0.2, 0) is 26.2 Å². The van der Waals surface area contributed by atoms with E-state index < -0.39 is 34.3 Å². The van der Waals surface area contributed by atoms with Crippen LogP contribution in [0.5, 0.6) is 11.5 Å². The molecule has 12 heteroatoms. The summed E-state index contributed by atoms with van der Waals surface area (Å²) < 4.78 is 53.4. The van der Waals surface area contributed by atoms with Gasteiger partial charge in [-0.1, -0.05) is 37.6 Å². The Hall–Kier alpha value is -3.83. The van der Waals surface area contributed by atoms with Gasteiger partial charge >= 0.3 is 0 Å². The predicted octanol–water partition coefficient (Wildman–Crippen LogP) is 5.41. The topological polar surface area (TPSA) is 105 Å². The van der Waals surface area contributed by atoms with E-state index in [1.165, 1.54) is 85.8 Å². The van der Waals surface area contributed by atoms with Crippen LogP contribution in [0.1, 0.15) is 39.2 Å². The van der Waals surface area contributed by atoms with Gasteiger partial charge < -0.3 is 19.7 Å². The van der Waals surface area contributed by atoms with Crippen LogP contribution in [0.2, 0.25) is 5.02 Å². The van der Waals surface area contributed by atoms with Gasteiger partial charge in [-0.05, 0) is 73.9 Å². The highest BCUT2D eigenvalue weighted by molar-refractivity contribution is 7.92. The van der Waals surface area contributed by atoms with Crippen LogP contribution in [0.3, 0.4) is 0 Å². The molecular weight excluding hydrogens is 597 g/mol. The molecule has 43 heavy (non-hydrogen) atoms. The number of rotatable bonds is 14. The fourth-order valence-corrected chi connectivity index (χ4v) is 5.94. The second-order valence-corrected chi connectivity index (χ2v) is 12.2. The number of hydrogen-bond acceptors (Lipinski definition) is 6. The Morgan fingerprint density at radius 2 is 1.56 bits per heavy atom. The highest BCUT2D eigenvalue weighted by atomic mass is 35.5. The van der Waals surface area contributed by atoms with E-state index in [1.54, 1.807) is 6.92 Å². The van der Waals surface area contributed by atoms with E-state index in [0.29, 0.717) is 22.8 Å². The number of nitrogens with one attached hydrogen (secondary N) is 1. The van der Waals surface area contributed by atoms with Crippen molar-refractivity contribution in [1.29, 1.82) is 0 Å². The maximum atomic E-state index is 14.1. The lowest BCUT2D eigenvalue weighted by Crippen LogP contribution is -2.53. The largest absolute Gasteiger partial charge is 0.493 e. The smallest absolute Gasteiger partial charge is 0.264 e. The highest BCUT2D eigenvalue weighted by Crippen LogP contribution is 2.33. The number of amides is 2. The molecule has 0 aliphatic rings. The summed E-state index contributed by atoms with van der Waals surface area (Å²) in [5, 5.41) is 3.30. The van der Waals surface area contributed by atoms with E-state index in [4.69, 9.17) is 21.1 Å². The first-order chi connectivity index (χ1) is 20.4. The summed E-state index contributed by atoms with van der Waals surface area (Å²) in [5.74, 6) is -0.920. The van der Waals surface area contributed by atoms with Crippen molar-refractivity contribution in [1.82, 2.24) is 10.2 Å². The van der Waals surface area contributed by atoms with Gasteiger partial charge in [-0.25, -0.2) is 12.8 Å². The predicted molar refractivity (Wildman–Crippen MR) is 164 cm³/mol. The van der Waals surface area contributed by atoms with Gasteiger partial charge in [-0.3, -0.25) is 13.9 Å². The fraction of sp³-hybridized carbons (Fsp3) is 0.355. The summed E-state index contributed by atoms with van der Waals surface area (Å²) in [7, 11) is -1.53. The van der Waals surface area contributed by atoms with Crippen molar-refractivity contribution in [3.05, 3.63) is 83.1 Å². The molecule has 2 atom stereocenters. The first-order valence-corrected chi connectivity index (χ1v) is 15.6. The second kappa shape index (κ2) is 15.1. The molecule has 0 saturated carbocycles. The van der Waals surface area contributed by atoms with Crippen LogP contribution >= 0.6 is 11.6 Å². The van der Waals surface area contributed by atoms with E-state index >= 15 is 0 Å². The molecule has 0 unspecified atom stereocenters. The van der Waals surface area contributed by atoms with E-state index in [2.05, 4.69) is 5.32 Å². The van der Waals surface area contributed by atoms with Gasteiger partial charge in [0, 0.05) is 23.7 Å². The quantitative estimate of drug-likeness (QED) is 0.254. The molecule has 9 nitrogen and oxygen atoms in total. The molecule has 2 amide bonds. The van der Waals surface area contributed by atoms with Crippen LogP contribution in [0.4, 0.5) is 10.1 Å². The number of carbonyl (C=O) groups excluding carboxylic acids is 2. The minimum Gasteiger partial charge on any atom is -0.493 e. The molecule has 0 fully saturated rings. The average Bonchev–Trinajstić information content (AvgIpc) is 3.00. The third-order valence-electron chi connectivity index (χ3n) is 6.99. The molecule has 0 aliphatic heterocycles. The summed E-state index contributed by atoms with van der Waals surface area (Å²) in [4.78, 5) is 28.7. The summed E-state index contributed by atoms with van der Waals surface area (Å²) >= 11 is 6.08. The number of nitrogens with zero attached hydrogens (tertiary/aromatic N) is 2. The standard InChI is InChI=1S/C31H37ClFN3O6S/c1-6-21(3)34-31(38)27(7-2)35(19-22-8-12-24(33)13-9-22)30(37)20-36(25-14-10-23(32)11-15-25)43(39,40)26-16-17-28(41-4)29(18-26)42-5/h8-18,21,27H,6-7,19-20H2,1-5H3,(H,34,38)/t21-,27-/m0/s1. The maximum Gasteiger partial charge on any atom is 0.264 e. The van der Waals surface area contributed by atoms with E-state index in [-0.39, 0.29) is 41.2 Å². The van der Waals surface area contributed by atoms with Crippen LogP contribution in [-0.4, -0.2) is 58.0 Å². The number of halogens is 2. The minimum absolute atomic E-state index is 0.0452. The Balaban J connectivity index is 2.09. The van der Waals surface area contributed by atoms with Gasteiger partial charge in [0.2, 0.25) is 11.8 Å². The third-order valence-corrected chi connectivity index (χ3v) is 9.01. The Morgan fingerprint density at radius 1 is 0.930 bits per heavy atom. The van der Waals surface area contributed by atoms with Gasteiger partial charge in [0.15, 0.2) is 11.5 Å². The SMILES string of the molecule is CC[C@H](C)NC(=O)[C@H](CC)N(Cc1ccc(F)cc1)C(=O)CN(c1ccc(Cl)cc1)S(=O)(=O)c1ccc(OC)c(OC)c1. The number of ether oxygens (including phenoxy) is 2. The Morgan fingerprint density at radius 3 is 2.12 bits per heavy atom. The van der Waals surface area contributed by atoms with Crippen molar-refractivity contribution >= 4 is 39.1 Å². The van der Waals surface area contributed by atoms with Crippen LogP contribution < -0.4 is 19.1 Å². The number of carbonyl (C=O) groups is 2. The summed E-state index contributed by atoms with van der Waals surface area (Å²) in [6.07, 6.45) is 0.945. The zero-order chi connectivity index (χ0) is 31.7. The monoisotopic (exact) mass is 633 g/mol. The Labute approximate surface area is 257 Å². The van der Waals surface area contributed by atoms with Crippen LogP contribution in [0.25, 0.3) is 0 Å². The first-order valence-electron chi connectivity index (χ1n) is 13.8. The molecule has 0 bridgehead atoms. The molecule has 3 rings (SSSR count). The Kier molecular flexibility index (Phi) is 11.8. The van der Waals surface area contributed by atoms with Gasteiger partial charge in [-0.15, -0.1) is 0 Å². The van der Waals surface area contributed by atoms with E-state index in [1.807, 2.05) is 13.8 Å². The van der Waals surface area contributed by atoms with Gasteiger partial charge in [0.05, 0.1) is 24.8 Å². The molecular formula is C31H37ClFN3O6S. The molecule has 232 valence electrons. The molecule has 3 aromatic carbocycles. The lowest BCUT2D eigenvalue weighted by Gasteiger charge is -2.33. The van der Waals surface area contributed by atoms with Crippen molar-refractivity contribution in [2.75, 3.05) is 25.1 Å². The van der Waals surface area contributed by atoms with Crippen molar-refractivity contribution in [3.63, 3.8) is 0 Å². The maximum absolute atomic E-state index is 14.1. The lowest BCUT2D eigenvalue weighted by atomic mass is 10.1. The summed E-state index contributed by atoms with van der Waals surface area (Å²) in [6, 6.07) is 14.7. The summed E-state index contributed by atoms with van der Waals surface area (Å²) in [5.41, 5.74) is 0.761. The fourth-order valence-electron chi connectivity index (χ4n) is 4.39. The number of hydrogen-bond donors (Lipinski definition) is 1. The van der Waals surface area contributed by atoms with Crippen LogP contribution in [0.15, 0.2) is 71.6 Å². The third kappa shape index (κ3) is 8.39. The molecule has 0 aliphatic carbocycles. The van der Waals surface area contributed by atoms with Crippen molar-refractivity contribution in [2.45, 2.75) is 57.1 Å². The highest BCUT2D eigenvalue weighted by Gasteiger charge is 2.34. The lowest BCUT2D eigenvalue weighted by molar-refractivity contribution is -0.140. The van der Waals surface area contributed by atoms with E-state index in [0.717, 1.165) is 4.31 Å². The zero-order valence-electron chi connectivity index (χ0n) is 24.8. The van der Waals surface area contributed by atoms with E-state index in [9.17, 15) is 22.4 Å². The van der Waals surface area contributed by atoms with Crippen molar-refractivity contribution in [2.24, 2.45) is 0 Å². The van der Waals surface area contributed by atoms with Crippen molar-refractivity contribution in [3.8, 4) is 11.5 Å². The normalized spacial score (nSPS) is 12.6. The summed E-state index contributed by atoms with van der Waals surface area (Å²) in [6.45, 7) is 4.87. The number of methoxy groups -OCH3 is 2. The zero-order valence-corrected chi connectivity index (χ0v) is 26.4. The van der Waals surface area contributed by atoms with Gasteiger partial charge in [0.1, 0.15) is 18.4 Å². The van der Waals surface area contributed by atoms with Gasteiger partial charge in [0.25, 0.3) is 10.0 Å². The molecule has 1 N–H and O–H groups in total.